The van der Waals surface area contributed by atoms with E-state index in [1.807, 2.05) is 0 Å². The normalized spacial score (nSPS) is 24.9. The minimum absolute atomic E-state index is 0.504. The van der Waals surface area contributed by atoms with E-state index in [-0.39, 0.29) is 0 Å². The Morgan fingerprint density at radius 1 is 1.14 bits per heavy atom. The second-order valence-electron chi connectivity index (χ2n) is 4.04. The van der Waals surface area contributed by atoms with Crippen LogP contribution < -0.4 is 0 Å². The van der Waals surface area contributed by atoms with E-state index in [4.69, 9.17) is 4.74 Å². The molecule has 0 aliphatic carbocycles. The Labute approximate surface area is 86.1 Å². The molecule has 1 nitrogen and oxygen atoms in total. The van der Waals surface area contributed by atoms with Crippen molar-refractivity contribution in [2.45, 2.75) is 44.8 Å². The summed E-state index contributed by atoms with van der Waals surface area (Å²) in [5.41, 5.74) is 1.40. The molecule has 0 amide bonds. The third-order valence-electron chi connectivity index (χ3n) is 2.81. The van der Waals surface area contributed by atoms with Crippen molar-refractivity contribution in [3.05, 3.63) is 35.9 Å². The molecule has 1 aromatic rings. The molecule has 0 unspecified atom stereocenters. The first-order valence-corrected chi connectivity index (χ1v) is 5.59. The van der Waals surface area contributed by atoms with Crippen LogP contribution in [0.2, 0.25) is 0 Å². The van der Waals surface area contributed by atoms with Gasteiger partial charge in [-0.05, 0) is 12.0 Å². The van der Waals surface area contributed by atoms with Gasteiger partial charge in [0.2, 0.25) is 0 Å². The first-order valence-electron chi connectivity index (χ1n) is 5.59. The summed E-state index contributed by atoms with van der Waals surface area (Å²) in [7, 11) is 0. The van der Waals surface area contributed by atoms with Crippen LogP contribution >= 0.6 is 0 Å². The first kappa shape index (κ1) is 9.72. The lowest BCUT2D eigenvalue weighted by Gasteiger charge is -1.96. The predicted octanol–water partition coefficient (Wildman–Crippen LogP) is 3.19. The number of rotatable bonds is 5. The molecule has 0 spiro atoms. The molecule has 14 heavy (non-hydrogen) atoms. The monoisotopic (exact) mass is 190 g/mol. The SMILES string of the molecule is CCCC[C@H]1O[C@H]1Cc1ccccc1. The Bertz CT molecular complexity index is 268. The molecule has 2 atom stereocenters. The molecule has 1 fully saturated rings. The van der Waals surface area contributed by atoms with Crippen LogP contribution in [0.1, 0.15) is 31.7 Å². The Morgan fingerprint density at radius 2 is 1.93 bits per heavy atom. The molecule has 1 aliphatic heterocycles. The highest BCUT2D eigenvalue weighted by Crippen LogP contribution is 2.29. The van der Waals surface area contributed by atoms with Gasteiger partial charge in [-0.2, -0.15) is 0 Å². The van der Waals surface area contributed by atoms with Crippen molar-refractivity contribution in [3.8, 4) is 0 Å². The average Bonchev–Trinajstić information content (AvgIpc) is 2.95. The van der Waals surface area contributed by atoms with Crippen LogP contribution in [-0.2, 0) is 11.2 Å². The summed E-state index contributed by atoms with van der Waals surface area (Å²) in [5.74, 6) is 0. The largest absolute Gasteiger partial charge is 0.369 e. The maximum Gasteiger partial charge on any atom is 0.0882 e. The first-order chi connectivity index (χ1) is 6.90. The standard InChI is InChI=1S/C13H18O/c1-2-3-9-12-13(14-12)10-11-7-5-4-6-8-11/h4-8,12-13H,2-3,9-10H2,1H3/t12-,13+/m1/s1. The molecule has 2 rings (SSSR count). The molecule has 1 saturated heterocycles. The summed E-state index contributed by atoms with van der Waals surface area (Å²) in [4.78, 5) is 0. The Hall–Kier alpha value is -0.820. The molecular formula is C13H18O. The number of epoxide rings is 1. The summed E-state index contributed by atoms with van der Waals surface area (Å²) in [6, 6.07) is 10.6. The van der Waals surface area contributed by atoms with Crippen molar-refractivity contribution in [2.24, 2.45) is 0 Å². The average molecular weight is 190 g/mol. The van der Waals surface area contributed by atoms with Gasteiger partial charge in [0.15, 0.2) is 0 Å². The fraction of sp³-hybridized carbons (Fsp3) is 0.538. The van der Waals surface area contributed by atoms with Crippen LogP contribution in [0.3, 0.4) is 0 Å². The summed E-state index contributed by atoms with van der Waals surface area (Å²) in [6.45, 7) is 2.23. The number of hydrogen-bond donors (Lipinski definition) is 0. The van der Waals surface area contributed by atoms with Gasteiger partial charge in [-0.25, -0.2) is 0 Å². The molecule has 1 heterocycles. The van der Waals surface area contributed by atoms with Crippen LogP contribution in [0.4, 0.5) is 0 Å². The van der Waals surface area contributed by atoms with Gasteiger partial charge in [0.25, 0.3) is 0 Å². The minimum atomic E-state index is 0.504. The van der Waals surface area contributed by atoms with E-state index in [1.165, 1.54) is 24.8 Å². The second-order valence-corrected chi connectivity index (χ2v) is 4.04. The van der Waals surface area contributed by atoms with Crippen molar-refractivity contribution in [1.82, 2.24) is 0 Å². The lowest BCUT2D eigenvalue weighted by atomic mass is 10.1. The third kappa shape index (κ3) is 2.58. The highest BCUT2D eigenvalue weighted by Gasteiger charge is 2.37. The van der Waals surface area contributed by atoms with Crippen molar-refractivity contribution < 1.29 is 4.74 Å². The van der Waals surface area contributed by atoms with Gasteiger partial charge in [-0.15, -0.1) is 0 Å². The van der Waals surface area contributed by atoms with Gasteiger partial charge in [0.05, 0.1) is 12.2 Å². The molecule has 0 aromatic heterocycles. The molecule has 0 bridgehead atoms. The number of unbranched alkanes of at least 4 members (excludes halogenated alkanes) is 1. The van der Waals surface area contributed by atoms with Crippen molar-refractivity contribution >= 4 is 0 Å². The Kier molecular flexibility index (Phi) is 3.20. The highest BCUT2D eigenvalue weighted by atomic mass is 16.6. The maximum atomic E-state index is 5.62. The second kappa shape index (κ2) is 4.61. The lowest BCUT2D eigenvalue weighted by Crippen LogP contribution is -1.98. The van der Waals surface area contributed by atoms with Crippen LogP contribution in [0.25, 0.3) is 0 Å². The minimum Gasteiger partial charge on any atom is -0.369 e. The third-order valence-corrected chi connectivity index (χ3v) is 2.81. The van der Waals surface area contributed by atoms with E-state index < -0.39 is 0 Å². The molecule has 1 aliphatic rings. The van der Waals surface area contributed by atoms with Gasteiger partial charge in [-0.3, -0.25) is 0 Å². The van der Waals surface area contributed by atoms with Gasteiger partial charge in [0, 0.05) is 6.42 Å². The van der Waals surface area contributed by atoms with E-state index in [0.29, 0.717) is 12.2 Å². The topological polar surface area (TPSA) is 12.5 Å². The molecule has 76 valence electrons. The van der Waals surface area contributed by atoms with Gasteiger partial charge >= 0.3 is 0 Å². The lowest BCUT2D eigenvalue weighted by molar-refractivity contribution is 0.359. The van der Waals surface area contributed by atoms with Gasteiger partial charge in [0.1, 0.15) is 0 Å². The van der Waals surface area contributed by atoms with Crippen LogP contribution in [0.15, 0.2) is 30.3 Å². The molecular weight excluding hydrogens is 172 g/mol. The predicted molar refractivity (Wildman–Crippen MR) is 58.3 cm³/mol. The number of benzene rings is 1. The van der Waals surface area contributed by atoms with Gasteiger partial charge in [-0.1, -0.05) is 50.1 Å². The van der Waals surface area contributed by atoms with Gasteiger partial charge < -0.3 is 4.74 Å². The van der Waals surface area contributed by atoms with Crippen LogP contribution in [-0.4, -0.2) is 12.2 Å². The zero-order valence-electron chi connectivity index (χ0n) is 8.78. The fourth-order valence-electron chi connectivity index (χ4n) is 1.86. The van der Waals surface area contributed by atoms with Crippen LogP contribution in [0, 0.1) is 0 Å². The summed E-state index contributed by atoms with van der Waals surface area (Å²) < 4.78 is 5.62. The van der Waals surface area contributed by atoms with E-state index in [9.17, 15) is 0 Å². The maximum absolute atomic E-state index is 5.62. The van der Waals surface area contributed by atoms with E-state index in [2.05, 4.69) is 37.3 Å². The molecule has 0 saturated carbocycles. The molecule has 1 aromatic carbocycles. The number of hydrogen-bond acceptors (Lipinski definition) is 1. The Balaban J connectivity index is 1.74. The molecule has 1 heteroatoms. The molecule has 0 radical (unpaired) electrons. The summed E-state index contributed by atoms with van der Waals surface area (Å²) >= 11 is 0. The number of ether oxygens (including phenoxy) is 1. The van der Waals surface area contributed by atoms with Crippen molar-refractivity contribution in [2.75, 3.05) is 0 Å². The zero-order valence-corrected chi connectivity index (χ0v) is 8.78. The zero-order chi connectivity index (χ0) is 9.80. The van der Waals surface area contributed by atoms with Crippen molar-refractivity contribution in [1.29, 1.82) is 0 Å². The fourth-order valence-corrected chi connectivity index (χ4v) is 1.86. The molecule has 0 N–H and O–H groups in total. The Morgan fingerprint density at radius 3 is 2.64 bits per heavy atom. The van der Waals surface area contributed by atoms with Crippen LogP contribution in [0.5, 0.6) is 0 Å². The smallest absolute Gasteiger partial charge is 0.0882 e. The highest BCUT2D eigenvalue weighted by molar-refractivity contribution is 5.17. The van der Waals surface area contributed by atoms with Crippen molar-refractivity contribution in [3.63, 3.8) is 0 Å². The van der Waals surface area contributed by atoms with E-state index in [0.717, 1.165) is 6.42 Å². The quantitative estimate of drug-likeness (QED) is 0.650. The van der Waals surface area contributed by atoms with E-state index >= 15 is 0 Å². The summed E-state index contributed by atoms with van der Waals surface area (Å²) in [6.07, 6.45) is 5.97. The van der Waals surface area contributed by atoms with E-state index in [1.54, 1.807) is 0 Å². The summed E-state index contributed by atoms with van der Waals surface area (Å²) in [5, 5.41) is 0.